The molecule has 0 fully saturated rings. The van der Waals surface area contributed by atoms with Crippen LogP contribution in [-0.4, -0.2) is 21.7 Å². The first-order valence-corrected chi connectivity index (χ1v) is 5.68. The van der Waals surface area contributed by atoms with E-state index < -0.39 is 11.6 Å². The summed E-state index contributed by atoms with van der Waals surface area (Å²) in [6.07, 6.45) is 1.34. The second kappa shape index (κ2) is 4.29. The van der Waals surface area contributed by atoms with Crippen LogP contribution in [-0.2, 0) is 0 Å². The van der Waals surface area contributed by atoms with Gasteiger partial charge in [0.1, 0.15) is 16.9 Å². The highest BCUT2D eigenvalue weighted by Gasteiger charge is 2.21. The highest BCUT2D eigenvalue weighted by molar-refractivity contribution is 5.98. The lowest BCUT2D eigenvalue weighted by atomic mass is 10.1. The van der Waals surface area contributed by atoms with Gasteiger partial charge >= 0.3 is 5.97 Å². The third-order valence-corrected chi connectivity index (χ3v) is 2.36. The molecule has 1 aromatic carbocycles. The molecule has 0 saturated carbocycles. The molecule has 1 N–H and O–H groups in total. The smallest absolute Gasteiger partial charge is 0.341 e. The first kappa shape index (κ1) is 12.4. The van der Waals surface area contributed by atoms with Crippen LogP contribution >= 0.6 is 0 Å². The molecule has 0 saturated heterocycles. The standard InChI is InChI=1S/C14H15NO3/c1-14(2,3)18-12-9-6-4-5-7-11(9)15-8-10(12)13(16)17/h4-8H,1-3H3,(H,16,17). The van der Waals surface area contributed by atoms with Crippen molar-refractivity contribution in [3.8, 4) is 5.75 Å². The number of pyridine rings is 1. The Bertz CT molecular complexity index is 600. The third kappa shape index (κ3) is 2.42. The second-order valence-electron chi connectivity index (χ2n) is 5.04. The molecule has 0 aliphatic carbocycles. The van der Waals surface area contributed by atoms with E-state index in [2.05, 4.69) is 4.98 Å². The lowest BCUT2D eigenvalue weighted by molar-refractivity contribution is 0.0682. The van der Waals surface area contributed by atoms with Gasteiger partial charge in [0, 0.05) is 11.6 Å². The number of carboxylic acids is 1. The zero-order valence-electron chi connectivity index (χ0n) is 10.6. The van der Waals surface area contributed by atoms with Gasteiger partial charge in [0.05, 0.1) is 5.52 Å². The van der Waals surface area contributed by atoms with E-state index in [4.69, 9.17) is 4.74 Å². The van der Waals surface area contributed by atoms with E-state index in [1.807, 2.05) is 45.0 Å². The van der Waals surface area contributed by atoms with Crippen LogP contribution in [0, 0.1) is 0 Å². The van der Waals surface area contributed by atoms with Crippen molar-refractivity contribution < 1.29 is 14.6 Å². The predicted octanol–water partition coefficient (Wildman–Crippen LogP) is 3.11. The number of para-hydroxylation sites is 1. The van der Waals surface area contributed by atoms with Gasteiger partial charge in [-0.1, -0.05) is 12.1 Å². The highest BCUT2D eigenvalue weighted by atomic mass is 16.5. The number of rotatable bonds is 2. The monoisotopic (exact) mass is 245 g/mol. The fourth-order valence-corrected chi connectivity index (χ4v) is 1.68. The van der Waals surface area contributed by atoms with Crippen LogP contribution < -0.4 is 4.74 Å². The van der Waals surface area contributed by atoms with Crippen molar-refractivity contribution in [1.82, 2.24) is 4.98 Å². The minimum atomic E-state index is -1.03. The zero-order valence-corrected chi connectivity index (χ0v) is 10.6. The summed E-state index contributed by atoms with van der Waals surface area (Å²) in [6, 6.07) is 7.34. The van der Waals surface area contributed by atoms with Gasteiger partial charge in [0.2, 0.25) is 0 Å². The number of benzene rings is 1. The number of fused-ring (bicyclic) bond motifs is 1. The Morgan fingerprint density at radius 1 is 1.28 bits per heavy atom. The van der Waals surface area contributed by atoms with Crippen molar-refractivity contribution in [3.05, 3.63) is 36.0 Å². The maximum Gasteiger partial charge on any atom is 0.341 e. The minimum Gasteiger partial charge on any atom is -0.486 e. The van der Waals surface area contributed by atoms with Gasteiger partial charge < -0.3 is 9.84 Å². The summed E-state index contributed by atoms with van der Waals surface area (Å²) in [5.74, 6) is -0.659. The molecule has 0 unspecified atom stereocenters. The number of aromatic carboxylic acids is 1. The molecule has 0 spiro atoms. The topological polar surface area (TPSA) is 59.4 Å². The summed E-state index contributed by atoms with van der Waals surface area (Å²) in [6.45, 7) is 5.65. The molecular weight excluding hydrogens is 230 g/mol. The van der Waals surface area contributed by atoms with Crippen LogP contribution in [0.5, 0.6) is 5.75 Å². The second-order valence-corrected chi connectivity index (χ2v) is 5.04. The number of carboxylic acid groups (broad SMARTS) is 1. The number of hydrogen-bond donors (Lipinski definition) is 1. The van der Waals surface area contributed by atoms with Crippen molar-refractivity contribution in [3.63, 3.8) is 0 Å². The molecule has 1 aromatic heterocycles. The molecule has 1 heterocycles. The number of hydrogen-bond acceptors (Lipinski definition) is 3. The van der Waals surface area contributed by atoms with Crippen LogP contribution in [0.4, 0.5) is 0 Å². The van der Waals surface area contributed by atoms with Crippen molar-refractivity contribution in [2.75, 3.05) is 0 Å². The summed E-state index contributed by atoms with van der Waals surface area (Å²) < 4.78 is 5.79. The first-order valence-electron chi connectivity index (χ1n) is 5.68. The zero-order chi connectivity index (χ0) is 13.3. The van der Waals surface area contributed by atoms with Gasteiger partial charge in [0.25, 0.3) is 0 Å². The molecule has 4 heteroatoms. The quantitative estimate of drug-likeness (QED) is 0.883. The Morgan fingerprint density at radius 2 is 1.94 bits per heavy atom. The van der Waals surface area contributed by atoms with Crippen LogP contribution in [0.2, 0.25) is 0 Å². The Labute approximate surface area is 105 Å². The largest absolute Gasteiger partial charge is 0.486 e. The fourth-order valence-electron chi connectivity index (χ4n) is 1.68. The molecule has 94 valence electrons. The summed E-state index contributed by atoms with van der Waals surface area (Å²) >= 11 is 0. The first-order chi connectivity index (χ1) is 8.38. The Balaban J connectivity index is 2.70. The summed E-state index contributed by atoms with van der Waals surface area (Å²) in [5.41, 5.74) is 0.347. The SMILES string of the molecule is CC(C)(C)Oc1c(C(=O)O)cnc2ccccc12. The predicted molar refractivity (Wildman–Crippen MR) is 69.1 cm³/mol. The molecule has 0 amide bonds. The van der Waals surface area contributed by atoms with Crippen LogP contribution in [0.15, 0.2) is 30.5 Å². The van der Waals surface area contributed by atoms with E-state index in [-0.39, 0.29) is 5.56 Å². The average Bonchev–Trinajstić information content (AvgIpc) is 2.27. The van der Waals surface area contributed by atoms with Gasteiger partial charge in [-0.2, -0.15) is 0 Å². The molecule has 18 heavy (non-hydrogen) atoms. The third-order valence-electron chi connectivity index (χ3n) is 2.36. The molecule has 0 radical (unpaired) electrons. The lowest BCUT2D eigenvalue weighted by Gasteiger charge is -2.23. The molecule has 2 rings (SSSR count). The van der Waals surface area contributed by atoms with Gasteiger partial charge in [-0.15, -0.1) is 0 Å². The van der Waals surface area contributed by atoms with Crippen molar-refractivity contribution in [1.29, 1.82) is 0 Å². The maximum atomic E-state index is 11.2. The van der Waals surface area contributed by atoms with Crippen molar-refractivity contribution in [2.45, 2.75) is 26.4 Å². The molecule has 0 aliphatic rings. The molecule has 0 aliphatic heterocycles. The van der Waals surface area contributed by atoms with Crippen LogP contribution in [0.1, 0.15) is 31.1 Å². The van der Waals surface area contributed by atoms with E-state index in [0.717, 1.165) is 5.52 Å². The molecule has 2 aromatic rings. The van der Waals surface area contributed by atoms with Crippen LogP contribution in [0.25, 0.3) is 10.9 Å². The molecular formula is C14H15NO3. The van der Waals surface area contributed by atoms with Gasteiger partial charge in [-0.25, -0.2) is 4.79 Å². The normalized spacial score (nSPS) is 11.5. The summed E-state index contributed by atoms with van der Waals surface area (Å²) in [7, 11) is 0. The van der Waals surface area contributed by atoms with Crippen molar-refractivity contribution >= 4 is 16.9 Å². The van der Waals surface area contributed by atoms with E-state index in [1.165, 1.54) is 6.20 Å². The number of ether oxygens (including phenoxy) is 1. The Morgan fingerprint density at radius 3 is 2.56 bits per heavy atom. The molecule has 4 nitrogen and oxygen atoms in total. The number of carbonyl (C=O) groups is 1. The van der Waals surface area contributed by atoms with Crippen molar-refractivity contribution in [2.24, 2.45) is 0 Å². The van der Waals surface area contributed by atoms with E-state index in [9.17, 15) is 9.90 Å². The van der Waals surface area contributed by atoms with E-state index in [0.29, 0.717) is 11.1 Å². The molecule has 0 bridgehead atoms. The summed E-state index contributed by atoms with van der Waals surface area (Å²) in [5, 5.41) is 9.92. The average molecular weight is 245 g/mol. The fraction of sp³-hybridized carbons (Fsp3) is 0.286. The number of nitrogens with zero attached hydrogens (tertiary/aromatic N) is 1. The summed E-state index contributed by atoms with van der Waals surface area (Å²) in [4.78, 5) is 15.4. The van der Waals surface area contributed by atoms with E-state index >= 15 is 0 Å². The maximum absolute atomic E-state index is 11.2. The van der Waals surface area contributed by atoms with Gasteiger partial charge in [-0.05, 0) is 32.9 Å². The number of aromatic nitrogens is 1. The van der Waals surface area contributed by atoms with E-state index in [1.54, 1.807) is 0 Å². The van der Waals surface area contributed by atoms with Gasteiger partial charge in [-0.3, -0.25) is 4.98 Å². The van der Waals surface area contributed by atoms with Gasteiger partial charge in [0.15, 0.2) is 0 Å². The Hall–Kier alpha value is -2.10. The van der Waals surface area contributed by atoms with Crippen LogP contribution in [0.3, 0.4) is 0 Å². The minimum absolute atomic E-state index is 0.0867. The lowest BCUT2D eigenvalue weighted by Crippen LogP contribution is -2.24. The molecule has 0 atom stereocenters. The highest BCUT2D eigenvalue weighted by Crippen LogP contribution is 2.31. The Kier molecular flexibility index (Phi) is 2.95.